The number of rotatable bonds is 3. The lowest BCUT2D eigenvalue weighted by atomic mass is 10.2. The number of esters is 1. The third kappa shape index (κ3) is 7.10. The van der Waals surface area contributed by atoms with Gasteiger partial charge in [-0.3, -0.25) is 9.59 Å². The fourth-order valence-electron chi connectivity index (χ4n) is 0.683. The standard InChI is InChI=1S/C9H14N2O3/c1-9(2,3)14-8(13)6-11-7(12)4-5-10/h4,6H2,1-3H3,(H,11,12). The molecule has 0 aliphatic rings. The van der Waals surface area contributed by atoms with E-state index >= 15 is 0 Å². The summed E-state index contributed by atoms with van der Waals surface area (Å²) in [4.78, 5) is 21.8. The summed E-state index contributed by atoms with van der Waals surface area (Å²) < 4.78 is 4.93. The van der Waals surface area contributed by atoms with Crippen molar-refractivity contribution in [2.75, 3.05) is 6.54 Å². The summed E-state index contributed by atoms with van der Waals surface area (Å²) in [5.74, 6) is -0.984. The summed E-state index contributed by atoms with van der Waals surface area (Å²) in [7, 11) is 0. The quantitative estimate of drug-likeness (QED) is 0.664. The van der Waals surface area contributed by atoms with Crippen LogP contribution < -0.4 is 5.32 Å². The highest BCUT2D eigenvalue weighted by molar-refractivity contribution is 5.83. The van der Waals surface area contributed by atoms with Gasteiger partial charge in [-0.05, 0) is 20.8 Å². The summed E-state index contributed by atoms with van der Waals surface area (Å²) in [6.45, 7) is 5.02. The molecule has 0 rings (SSSR count). The van der Waals surface area contributed by atoms with Gasteiger partial charge >= 0.3 is 5.97 Å². The molecule has 5 nitrogen and oxygen atoms in total. The average molecular weight is 198 g/mol. The lowest BCUT2D eigenvalue weighted by Crippen LogP contribution is -2.34. The van der Waals surface area contributed by atoms with Crippen LogP contribution in [-0.2, 0) is 14.3 Å². The van der Waals surface area contributed by atoms with Crippen molar-refractivity contribution < 1.29 is 14.3 Å². The maximum Gasteiger partial charge on any atom is 0.325 e. The molecule has 0 heterocycles. The summed E-state index contributed by atoms with van der Waals surface area (Å²) >= 11 is 0. The first-order valence-electron chi connectivity index (χ1n) is 4.20. The van der Waals surface area contributed by atoms with Gasteiger partial charge in [-0.15, -0.1) is 0 Å². The Labute approximate surface area is 83.0 Å². The first-order chi connectivity index (χ1) is 6.35. The average Bonchev–Trinajstić information content (AvgIpc) is 1.98. The second kappa shape index (κ2) is 5.22. The molecule has 0 fully saturated rings. The fourth-order valence-corrected chi connectivity index (χ4v) is 0.683. The lowest BCUT2D eigenvalue weighted by Gasteiger charge is -2.19. The van der Waals surface area contributed by atoms with Crippen molar-refractivity contribution >= 4 is 11.9 Å². The van der Waals surface area contributed by atoms with Crippen LogP contribution in [0.4, 0.5) is 0 Å². The normalized spacial score (nSPS) is 10.1. The number of hydrogen-bond donors (Lipinski definition) is 1. The Morgan fingerprint density at radius 3 is 2.43 bits per heavy atom. The van der Waals surface area contributed by atoms with Crippen LogP contribution in [0.1, 0.15) is 27.2 Å². The van der Waals surface area contributed by atoms with Crippen molar-refractivity contribution in [1.29, 1.82) is 5.26 Å². The van der Waals surface area contributed by atoms with E-state index in [1.54, 1.807) is 26.8 Å². The molecule has 14 heavy (non-hydrogen) atoms. The summed E-state index contributed by atoms with van der Waals surface area (Å²) in [6, 6.07) is 1.68. The molecule has 0 saturated heterocycles. The van der Waals surface area contributed by atoms with Gasteiger partial charge in [0.05, 0.1) is 6.07 Å². The summed E-state index contributed by atoms with van der Waals surface area (Å²) in [6.07, 6.45) is -0.247. The van der Waals surface area contributed by atoms with Crippen LogP contribution in [0.2, 0.25) is 0 Å². The zero-order valence-corrected chi connectivity index (χ0v) is 8.59. The lowest BCUT2D eigenvalue weighted by molar-refractivity contribution is -0.154. The minimum absolute atomic E-state index is 0.197. The molecule has 0 aromatic heterocycles. The molecule has 0 saturated carbocycles. The Morgan fingerprint density at radius 2 is 2.00 bits per heavy atom. The number of amides is 1. The zero-order chi connectivity index (χ0) is 11.2. The van der Waals surface area contributed by atoms with Gasteiger partial charge in [-0.2, -0.15) is 5.26 Å². The maximum atomic E-state index is 11.0. The topological polar surface area (TPSA) is 79.2 Å². The molecule has 0 aromatic carbocycles. The van der Waals surface area contributed by atoms with Crippen molar-refractivity contribution in [3.63, 3.8) is 0 Å². The summed E-state index contributed by atoms with van der Waals surface area (Å²) in [5, 5.41) is 10.4. The van der Waals surface area contributed by atoms with Gasteiger partial charge in [0.1, 0.15) is 18.6 Å². The van der Waals surface area contributed by atoms with E-state index in [-0.39, 0.29) is 13.0 Å². The van der Waals surface area contributed by atoms with Gasteiger partial charge in [0.2, 0.25) is 5.91 Å². The molecule has 78 valence electrons. The summed E-state index contributed by atoms with van der Waals surface area (Å²) in [5.41, 5.74) is -0.558. The second-order valence-corrected chi connectivity index (χ2v) is 3.70. The minimum atomic E-state index is -0.558. The largest absolute Gasteiger partial charge is 0.459 e. The van der Waals surface area contributed by atoms with Crippen molar-refractivity contribution in [3.8, 4) is 6.07 Å². The molecule has 0 radical (unpaired) electrons. The Hall–Kier alpha value is -1.57. The van der Waals surface area contributed by atoms with Crippen molar-refractivity contribution in [2.45, 2.75) is 32.8 Å². The van der Waals surface area contributed by atoms with Crippen LogP contribution in [-0.4, -0.2) is 24.0 Å². The number of nitrogens with one attached hydrogen (secondary N) is 1. The van der Waals surface area contributed by atoms with E-state index in [1.807, 2.05) is 0 Å². The molecular weight excluding hydrogens is 184 g/mol. The zero-order valence-electron chi connectivity index (χ0n) is 8.59. The molecule has 0 unspecified atom stereocenters. The van der Waals surface area contributed by atoms with Crippen LogP contribution in [0.5, 0.6) is 0 Å². The first kappa shape index (κ1) is 12.4. The first-order valence-corrected chi connectivity index (χ1v) is 4.20. The van der Waals surface area contributed by atoms with Crippen LogP contribution in [0.25, 0.3) is 0 Å². The van der Waals surface area contributed by atoms with Gasteiger partial charge in [0, 0.05) is 0 Å². The monoisotopic (exact) mass is 198 g/mol. The van der Waals surface area contributed by atoms with Crippen LogP contribution in [0.15, 0.2) is 0 Å². The SMILES string of the molecule is CC(C)(C)OC(=O)CNC(=O)CC#N. The molecule has 1 N–H and O–H groups in total. The molecule has 0 aliphatic carbocycles. The van der Waals surface area contributed by atoms with Crippen LogP contribution >= 0.6 is 0 Å². The van der Waals surface area contributed by atoms with Crippen molar-refractivity contribution in [1.82, 2.24) is 5.32 Å². The van der Waals surface area contributed by atoms with Gasteiger partial charge in [0.15, 0.2) is 0 Å². The molecular formula is C9H14N2O3. The number of carbonyl (C=O) groups excluding carboxylic acids is 2. The number of nitriles is 1. The van der Waals surface area contributed by atoms with E-state index in [0.717, 1.165) is 0 Å². The van der Waals surface area contributed by atoms with Gasteiger partial charge < -0.3 is 10.1 Å². The molecule has 0 aliphatic heterocycles. The predicted octanol–water partition coefficient (Wildman–Crippen LogP) is 0.358. The highest BCUT2D eigenvalue weighted by Gasteiger charge is 2.16. The predicted molar refractivity (Wildman–Crippen MR) is 49.1 cm³/mol. The van der Waals surface area contributed by atoms with Crippen LogP contribution in [0, 0.1) is 11.3 Å². The van der Waals surface area contributed by atoms with Crippen LogP contribution in [0.3, 0.4) is 0 Å². The Balaban J connectivity index is 3.76. The second-order valence-electron chi connectivity index (χ2n) is 3.70. The number of hydrogen-bond acceptors (Lipinski definition) is 4. The molecule has 5 heteroatoms. The molecule has 0 bridgehead atoms. The van der Waals surface area contributed by atoms with E-state index in [0.29, 0.717) is 0 Å². The van der Waals surface area contributed by atoms with Gasteiger partial charge in [-0.25, -0.2) is 0 Å². The van der Waals surface area contributed by atoms with Gasteiger partial charge in [-0.1, -0.05) is 0 Å². The highest BCUT2D eigenvalue weighted by atomic mass is 16.6. The molecule has 0 atom stereocenters. The van der Waals surface area contributed by atoms with E-state index in [1.165, 1.54) is 0 Å². The molecule has 0 aromatic rings. The third-order valence-corrected chi connectivity index (χ3v) is 1.09. The number of carbonyl (C=O) groups is 2. The highest BCUT2D eigenvalue weighted by Crippen LogP contribution is 2.05. The number of ether oxygens (including phenoxy) is 1. The molecule has 1 amide bonds. The number of nitrogens with zero attached hydrogens (tertiary/aromatic N) is 1. The van der Waals surface area contributed by atoms with Gasteiger partial charge in [0.25, 0.3) is 0 Å². The van der Waals surface area contributed by atoms with Crippen molar-refractivity contribution in [2.24, 2.45) is 0 Å². The van der Waals surface area contributed by atoms with E-state index < -0.39 is 17.5 Å². The van der Waals surface area contributed by atoms with E-state index in [9.17, 15) is 9.59 Å². The van der Waals surface area contributed by atoms with Crippen molar-refractivity contribution in [3.05, 3.63) is 0 Å². The Morgan fingerprint density at radius 1 is 1.43 bits per heavy atom. The fraction of sp³-hybridized carbons (Fsp3) is 0.667. The van der Waals surface area contributed by atoms with E-state index in [4.69, 9.17) is 10.00 Å². The smallest absolute Gasteiger partial charge is 0.325 e. The third-order valence-electron chi connectivity index (χ3n) is 1.09. The van der Waals surface area contributed by atoms with E-state index in [2.05, 4.69) is 5.32 Å². The molecule has 0 spiro atoms. The Bertz CT molecular complexity index is 260. The Kier molecular flexibility index (Phi) is 4.64. The maximum absolute atomic E-state index is 11.0. The minimum Gasteiger partial charge on any atom is -0.459 e.